The maximum absolute atomic E-state index is 14.6. The summed E-state index contributed by atoms with van der Waals surface area (Å²) in [6.45, 7) is 6.83. The van der Waals surface area contributed by atoms with Gasteiger partial charge in [-0.3, -0.25) is 4.79 Å². The van der Waals surface area contributed by atoms with Gasteiger partial charge in [-0.2, -0.15) is 0 Å². The van der Waals surface area contributed by atoms with Crippen molar-refractivity contribution < 1.29 is 22.4 Å². The second kappa shape index (κ2) is 4.81. The van der Waals surface area contributed by atoms with Gasteiger partial charge in [0.25, 0.3) is 0 Å². The molecule has 0 radical (unpaired) electrons. The molecule has 0 fully saturated rings. The lowest BCUT2D eigenvalue weighted by Gasteiger charge is -2.33. The number of carbonyl (C=O) groups excluding carboxylic acids is 1. The Morgan fingerprint density at radius 2 is 1.28 bits per heavy atom. The van der Waals surface area contributed by atoms with E-state index in [-0.39, 0.29) is 16.9 Å². The number of carbonyl (C=O) groups is 1. The molecule has 5 heteroatoms. The van der Waals surface area contributed by atoms with Gasteiger partial charge in [0.2, 0.25) is 0 Å². The molecule has 0 aromatic heterocycles. The van der Waals surface area contributed by atoms with Crippen LogP contribution in [0.5, 0.6) is 0 Å². The van der Waals surface area contributed by atoms with Crippen LogP contribution in [0.1, 0.15) is 47.9 Å². The van der Waals surface area contributed by atoms with Crippen molar-refractivity contribution in [3.05, 3.63) is 81.9 Å². The minimum Gasteiger partial charge on any atom is -0.299 e. The van der Waals surface area contributed by atoms with Gasteiger partial charge in [-0.05, 0) is 25.0 Å². The third kappa shape index (κ3) is 1.57. The van der Waals surface area contributed by atoms with Crippen molar-refractivity contribution in [1.29, 1.82) is 0 Å². The molecule has 2 aromatic rings. The first-order valence-corrected chi connectivity index (χ1v) is 7.87. The van der Waals surface area contributed by atoms with Crippen molar-refractivity contribution in [2.45, 2.75) is 25.7 Å². The van der Waals surface area contributed by atoms with Gasteiger partial charge in [0, 0.05) is 23.0 Å². The van der Waals surface area contributed by atoms with Crippen LogP contribution in [0.2, 0.25) is 0 Å². The summed E-state index contributed by atoms with van der Waals surface area (Å²) < 4.78 is 57.1. The van der Waals surface area contributed by atoms with Crippen LogP contribution >= 0.6 is 0 Å². The fourth-order valence-electron chi connectivity index (χ4n) is 4.89. The molecular formula is C20H14F4O. The molecule has 2 aliphatic rings. The van der Waals surface area contributed by atoms with Crippen LogP contribution in [0.15, 0.2) is 36.4 Å². The number of hydrogen-bond acceptors (Lipinski definition) is 1. The monoisotopic (exact) mass is 346 g/mol. The Hall–Kier alpha value is -2.43. The van der Waals surface area contributed by atoms with E-state index in [1.807, 2.05) is 0 Å². The summed E-state index contributed by atoms with van der Waals surface area (Å²) in [6.07, 6.45) is 0. The van der Waals surface area contributed by atoms with Crippen molar-refractivity contribution >= 4 is 5.78 Å². The summed E-state index contributed by atoms with van der Waals surface area (Å²) in [5.41, 5.74) is -0.197. The molecule has 0 amide bonds. The Balaban J connectivity index is 2.20. The number of rotatable bonds is 2. The maximum Gasteiger partial charge on any atom is 0.197 e. The Kier molecular flexibility index (Phi) is 3.09. The van der Waals surface area contributed by atoms with E-state index in [4.69, 9.17) is 0 Å². The van der Waals surface area contributed by atoms with Crippen molar-refractivity contribution in [2.24, 2.45) is 5.41 Å². The smallest absolute Gasteiger partial charge is 0.197 e. The molecule has 2 aromatic carbocycles. The average Bonchev–Trinajstić information content (AvgIpc) is 3.06. The number of fused-ring (bicyclic) bond motifs is 8. The molecule has 1 nitrogen and oxygen atoms in total. The van der Waals surface area contributed by atoms with Crippen LogP contribution in [-0.2, 0) is 4.79 Å². The summed E-state index contributed by atoms with van der Waals surface area (Å²) in [6, 6.07) is 6.86. The fraction of sp³-hybridized carbons (Fsp3) is 0.250. The van der Waals surface area contributed by atoms with Gasteiger partial charge in [-0.25, -0.2) is 17.6 Å². The van der Waals surface area contributed by atoms with Gasteiger partial charge in [-0.15, -0.1) is 0 Å². The summed E-state index contributed by atoms with van der Waals surface area (Å²) in [4.78, 5) is 12.7. The Labute approximate surface area is 142 Å². The lowest BCUT2D eigenvalue weighted by molar-refractivity contribution is -0.125. The number of hydrogen-bond donors (Lipinski definition) is 0. The Morgan fingerprint density at radius 1 is 0.880 bits per heavy atom. The number of benzene rings is 2. The van der Waals surface area contributed by atoms with Crippen LogP contribution in [-0.4, -0.2) is 5.78 Å². The lowest BCUT2D eigenvalue weighted by Crippen LogP contribution is -2.34. The summed E-state index contributed by atoms with van der Waals surface area (Å²) in [7, 11) is 0. The van der Waals surface area contributed by atoms with Gasteiger partial charge < -0.3 is 0 Å². The Morgan fingerprint density at radius 3 is 1.60 bits per heavy atom. The van der Waals surface area contributed by atoms with Crippen LogP contribution in [0.4, 0.5) is 17.6 Å². The zero-order chi connectivity index (χ0) is 18.3. The second-order valence-corrected chi connectivity index (χ2v) is 6.78. The highest BCUT2D eigenvalue weighted by molar-refractivity contribution is 5.93. The molecule has 128 valence electrons. The molecule has 0 spiro atoms. The zero-order valence-corrected chi connectivity index (χ0v) is 13.6. The predicted octanol–water partition coefficient (Wildman–Crippen LogP) is 4.99. The molecule has 3 atom stereocenters. The summed E-state index contributed by atoms with van der Waals surface area (Å²) in [5, 5.41) is 0. The van der Waals surface area contributed by atoms with E-state index >= 15 is 0 Å². The molecule has 2 bridgehead atoms. The second-order valence-electron chi connectivity index (χ2n) is 6.78. The molecule has 25 heavy (non-hydrogen) atoms. The van der Waals surface area contributed by atoms with Crippen LogP contribution < -0.4 is 0 Å². The number of ketones is 1. The van der Waals surface area contributed by atoms with Gasteiger partial charge in [-0.1, -0.05) is 36.4 Å². The van der Waals surface area contributed by atoms with E-state index in [1.165, 1.54) is 6.92 Å². The van der Waals surface area contributed by atoms with Crippen LogP contribution in [0.3, 0.4) is 0 Å². The molecule has 0 aliphatic heterocycles. The highest BCUT2D eigenvalue weighted by atomic mass is 19.2. The van der Waals surface area contributed by atoms with Gasteiger partial charge in [0.15, 0.2) is 23.3 Å². The highest BCUT2D eigenvalue weighted by Gasteiger charge is 2.65. The number of Topliss-reactive ketones (excluding diaryl/α,β-unsaturated/α-hetero) is 1. The van der Waals surface area contributed by atoms with E-state index in [9.17, 15) is 22.4 Å². The topological polar surface area (TPSA) is 17.1 Å². The third-order valence-electron chi connectivity index (χ3n) is 5.74. The Bertz CT molecular complexity index is 898. The predicted molar refractivity (Wildman–Crippen MR) is 84.3 cm³/mol. The molecule has 0 heterocycles. The molecule has 0 saturated carbocycles. The van der Waals surface area contributed by atoms with Crippen LogP contribution in [0.25, 0.3) is 0 Å². The molecule has 0 saturated heterocycles. The molecule has 1 unspecified atom stereocenters. The summed E-state index contributed by atoms with van der Waals surface area (Å²) >= 11 is 0. The maximum atomic E-state index is 14.6. The van der Waals surface area contributed by atoms with Gasteiger partial charge in [0.1, 0.15) is 5.78 Å². The molecule has 4 rings (SSSR count). The van der Waals surface area contributed by atoms with Gasteiger partial charge in [0.05, 0.1) is 5.41 Å². The fourth-order valence-corrected chi connectivity index (χ4v) is 4.89. The minimum atomic E-state index is -1.85. The van der Waals surface area contributed by atoms with Crippen LogP contribution in [0, 0.1) is 28.7 Å². The standard InChI is InChI=1S/C20H14F4O/c1-8(2)20(9(3)25)14-10-6-4-5-7-11(10)15(20)13-12(14)16(21)18(23)19(24)17(13)22/h4-7,14-15H,1H2,2-3H3/t14-,15+,20?. The first-order chi connectivity index (χ1) is 11.8. The van der Waals surface area contributed by atoms with Crippen molar-refractivity contribution in [1.82, 2.24) is 0 Å². The minimum absolute atomic E-state index is 0.265. The number of halogens is 4. The average molecular weight is 346 g/mol. The van der Waals surface area contributed by atoms with E-state index < -0.39 is 40.5 Å². The summed E-state index contributed by atoms with van der Waals surface area (Å²) in [5.74, 6) is -8.71. The quantitative estimate of drug-likeness (QED) is 0.324. The normalized spacial score (nSPS) is 25.7. The van der Waals surface area contributed by atoms with Crippen molar-refractivity contribution in [3.63, 3.8) is 0 Å². The van der Waals surface area contributed by atoms with Gasteiger partial charge >= 0.3 is 0 Å². The third-order valence-corrected chi connectivity index (χ3v) is 5.74. The van der Waals surface area contributed by atoms with Crippen molar-refractivity contribution in [2.75, 3.05) is 0 Å². The van der Waals surface area contributed by atoms with E-state index in [2.05, 4.69) is 6.58 Å². The molecule has 0 N–H and O–H groups in total. The SMILES string of the molecule is C=C(C)C1(C(C)=O)[C@@H]2c3ccccc3[C@H]1c1c(F)c(F)c(F)c(F)c12. The first kappa shape index (κ1) is 16.1. The molecule has 2 aliphatic carbocycles. The molecular weight excluding hydrogens is 332 g/mol. The van der Waals surface area contributed by atoms with E-state index in [0.717, 1.165) is 0 Å². The highest BCUT2D eigenvalue weighted by Crippen LogP contribution is 2.70. The van der Waals surface area contributed by atoms with Crippen molar-refractivity contribution in [3.8, 4) is 0 Å². The first-order valence-electron chi connectivity index (χ1n) is 7.87. The zero-order valence-electron chi connectivity index (χ0n) is 13.6. The largest absolute Gasteiger partial charge is 0.299 e. The van der Waals surface area contributed by atoms with E-state index in [1.54, 1.807) is 31.2 Å². The lowest BCUT2D eigenvalue weighted by atomic mass is 9.67. The van der Waals surface area contributed by atoms with E-state index in [0.29, 0.717) is 16.7 Å². The number of allylic oxidation sites excluding steroid dienone is 1.